The molecule has 2 heterocycles. The fourth-order valence-corrected chi connectivity index (χ4v) is 7.17. The van der Waals surface area contributed by atoms with Crippen LogP contribution in [0.25, 0.3) is 10.9 Å². The Morgan fingerprint density at radius 3 is 2.72 bits per heavy atom. The normalized spacial score (nSPS) is 13.5. The van der Waals surface area contributed by atoms with Crippen LogP contribution in [0, 0.1) is 0 Å². The number of thioether (sulfide) groups is 1. The molecule has 1 N–H and O–H groups in total. The fourth-order valence-electron chi connectivity index (χ4n) is 4.59. The lowest BCUT2D eigenvalue weighted by Gasteiger charge is -2.12. The van der Waals surface area contributed by atoms with Crippen LogP contribution in [0.15, 0.2) is 64.1 Å². The molecule has 0 aliphatic heterocycles. The fraction of sp³-hybridized carbons (Fsp3) is 0.286. The molecule has 4 aromatic rings. The summed E-state index contributed by atoms with van der Waals surface area (Å²) in [5.74, 6) is -0.460. The van der Waals surface area contributed by atoms with Crippen LogP contribution >= 0.6 is 39.0 Å². The van der Waals surface area contributed by atoms with E-state index in [1.54, 1.807) is 6.92 Å². The highest BCUT2D eigenvalue weighted by molar-refractivity contribution is 9.10. The Hall–Kier alpha value is -2.55. The Morgan fingerprint density at radius 1 is 1.17 bits per heavy atom. The van der Waals surface area contributed by atoms with Crippen molar-refractivity contribution in [2.24, 2.45) is 0 Å². The Labute approximate surface area is 227 Å². The van der Waals surface area contributed by atoms with Crippen LogP contribution in [0.4, 0.5) is 5.00 Å². The molecule has 1 atom stereocenters. The summed E-state index contributed by atoms with van der Waals surface area (Å²) in [5, 5.41) is 4.45. The highest BCUT2D eigenvalue weighted by atomic mass is 79.9. The zero-order chi connectivity index (χ0) is 25.2. The lowest BCUT2D eigenvalue weighted by molar-refractivity contribution is -0.115. The van der Waals surface area contributed by atoms with Crippen molar-refractivity contribution in [3.63, 3.8) is 0 Å². The van der Waals surface area contributed by atoms with Gasteiger partial charge in [-0.15, -0.1) is 23.1 Å². The van der Waals surface area contributed by atoms with Gasteiger partial charge in [-0.1, -0.05) is 46.3 Å². The van der Waals surface area contributed by atoms with Crippen molar-refractivity contribution < 1.29 is 14.3 Å². The van der Waals surface area contributed by atoms with Crippen LogP contribution < -0.4 is 5.32 Å². The van der Waals surface area contributed by atoms with Crippen molar-refractivity contribution in [2.45, 2.75) is 49.8 Å². The third kappa shape index (κ3) is 5.12. The molecule has 0 bridgehead atoms. The first-order valence-corrected chi connectivity index (χ1v) is 14.5. The third-order valence-electron chi connectivity index (χ3n) is 6.33. The van der Waals surface area contributed by atoms with E-state index in [1.165, 1.54) is 33.5 Å². The number of anilines is 1. The number of hydrogen-bond donors (Lipinski definition) is 1. The molecule has 8 heteroatoms. The van der Waals surface area contributed by atoms with Gasteiger partial charge < -0.3 is 14.6 Å². The van der Waals surface area contributed by atoms with E-state index in [2.05, 4.69) is 56.3 Å². The highest BCUT2D eigenvalue weighted by Gasteiger charge is 2.29. The van der Waals surface area contributed by atoms with E-state index in [4.69, 9.17) is 4.74 Å². The number of aryl methyl sites for hydroxylation is 1. The molecule has 0 radical (unpaired) electrons. The summed E-state index contributed by atoms with van der Waals surface area (Å²) < 4.78 is 8.59. The Balaban J connectivity index is 1.36. The quantitative estimate of drug-likeness (QED) is 0.175. The summed E-state index contributed by atoms with van der Waals surface area (Å²) in [6.07, 6.45) is 4.98. The van der Waals surface area contributed by atoms with Gasteiger partial charge in [-0.05, 0) is 62.4 Å². The molecular formula is C28H27BrN2O3S2. The van der Waals surface area contributed by atoms with Crippen LogP contribution in [0.5, 0.6) is 0 Å². The van der Waals surface area contributed by atoms with Gasteiger partial charge in [0.05, 0.1) is 17.4 Å². The van der Waals surface area contributed by atoms with Crippen molar-refractivity contribution in [3.05, 3.63) is 80.8 Å². The number of esters is 1. The summed E-state index contributed by atoms with van der Waals surface area (Å²) in [6, 6.07) is 16.6. The standard InChI is InChI=1S/C28H27BrN2O3S2/c1-3-34-28(33)25-21-8-6-10-23(21)36-27(25)30-26(32)17(2)35-24-16-31(22-9-5-4-7-20(22)24)15-18-11-13-19(29)14-12-18/h4-5,7,9,11-14,16-17H,3,6,8,10,15H2,1-2H3,(H,30,32). The summed E-state index contributed by atoms with van der Waals surface area (Å²) in [6.45, 7) is 4.77. The van der Waals surface area contributed by atoms with E-state index in [1.807, 2.05) is 31.2 Å². The SMILES string of the molecule is CCOC(=O)c1c(NC(=O)C(C)Sc2cn(Cc3ccc(Br)cc3)c3ccccc23)sc2c1CCC2. The van der Waals surface area contributed by atoms with Gasteiger partial charge in [-0.25, -0.2) is 4.79 Å². The molecule has 186 valence electrons. The second-order valence-corrected chi connectivity index (χ2v) is 12.2. The predicted octanol–water partition coefficient (Wildman–Crippen LogP) is 7.30. The maximum atomic E-state index is 13.3. The van der Waals surface area contributed by atoms with E-state index < -0.39 is 0 Å². The minimum atomic E-state index is -0.344. The number of thiophene rings is 1. The van der Waals surface area contributed by atoms with Crippen molar-refractivity contribution in [2.75, 3.05) is 11.9 Å². The summed E-state index contributed by atoms with van der Waals surface area (Å²) in [5.41, 5.74) is 3.93. The van der Waals surface area contributed by atoms with Crippen LogP contribution in [0.3, 0.4) is 0 Å². The van der Waals surface area contributed by atoms with E-state index in [-0.39, 0.29) is 17.1 Å². The number of fused-ring (bicyclic) bond motifs is 2. The zero-order valence-corrected chi connectivity index (χ0v) is 23.4. The average molecular weight is 584 g/mol. The summed E-state index contributed by atoms with van der Waals surface area (Å²) >= 11 is 6.55. The number of rotatable bonds is 8. The first-order chi connectivity index (χ1) is 17.4. The molecule has 0 spiro atoms. The molecule has 2 aromatic heterocycles. The number of carbonyl (C=O) groups is 2. The summed E-state index contributed by atoms with van der Waals surface area (Å²) in [7, 11) is 0. The molecule has 2 aromatic carbocycles. The first-order valence-electron chi connectivity index (χ1n) is 12.1. The molecule has 1 aliphatic carbocycles. The molecule has 36 heavy (non-hydrogen) atoms. The second-order valence-electron chi connectivity index (χ2n) is 8.80. The van der Waals surface area contributed by atoms with Gasteiger partial charge in [0.25, 0.3) is 0 Å². The van der Waals surface area contributed by atoms with Crippen molar-refractivity contribution in [1.29, 1.82) is 0 Å². The predicted molar refractivity (Wildman–Crippen MR) is 151 cm³/mol. The van der Waals surface area contributed by atoms with Gasteiger partial charge in [0.15, 0.2) is 0 Å². The monoisotopic (exact) mass is 582 g/mol. The minimum absolute atomic E-state index is 0.116. The Kier molecular flexibility index (Phi) is 7.55. The van der Waals surface area contributed by atoms with E-state index in [0.29, 0.717) is 17.2 Å². The number of para-hydroxylation sites is 1. The molecule has 1 unspecified atom stereocenters. The van der Waals surface area contributed by atoms with E-state index in [9.17, 15) is 9.59 Å². The number of nitrogens with one attached hydrogen (secondary N) is 1. The highest BCUT2D eigenvalue weighted by Crippen LogP contribution is 2.40. The zero-order valence-electron chi connectivity index (χ0n) is 20.2. The number of benzene rings is 2. The van der Waals surface area contributed by atoms with Gasteiger partial charge in [-0.3, -0.25) is 4.79 Å². The van der Waals surface area contributed by atoms with Gasteiger partial charge >= 0.3 is 5.97 Å². The van der Waals surface area contributed by atoms with E-state index in [0.717, 1.165) is 51.6 Å². The number of aromatic nitrogens is 1. The number of ether oxygens (including phenoxy) is 1. The molecule has 5 nitrogen and oxygen atoms in total. The van der Waals surface area contributed by atoms with Gasteiger partial charge in [-0.2, -0.15) is 0 Å². The van der Waals surface area contributed by atoms with Crippen molar-refractivity contribution in [1.82, 2.24) is 4.57 Å². The summed E-state index contributed by atoms with van der Waals surface area (Å²) in [4.78, 5) is 28.2. The van der Waals surface area contributed by atoms with Gasteiger partial charge in [0.1, 0.15) is 5.00 Å². The molecule has 0 saturated heterocycles. The third-order valence-corrected chi connectivity index (χ3v) is 9.21. The first kappa shape index (κ1) is 25.1. The van der Waals surface area contributed by atoms with Crippen molar-refractivity contribution in [3.8, 4) is 0 Å². The molecule has 0 fully saturated rings. The topological polar surface area (TPSA) is 60.3 Å². The van der Waals surface area contributed by atoms with Crippen LogP contribution in [0.1, 0.15) is 46.6 Å². The maximum Gasteiger partial charge on any atom is 0.341 e. The molecule has 5 rings (SSSR count). The number of nitrogens with zero attached hydrogens (tertiary/aromatic N) is 1. The van der Waals surface area contributed by atoms with Gasteiger partial charge in [0.2, 0.25) is 5.91 Å². The Morgan fingerprint density at radius 2 is 1.94 bits per heavy atom. The van der Waals surface area contributed by atoms with Crippen molar-refractivity contribution >= 4 is 66.8 Å². The lowest BCUT2D eigenvalue weighted by atomic mass is 10.1. The number of carbonyl (C=O) groups excluding carboxylic acids is 2. The molecule has 1 amide bonds. The smallest absolute Gasteiger partial charge is 0.341 e. The average Bonchev–Trinajstić information content (AvgIpc) is 3.54. The lowest BCUT2D eigenvalue weighted by Crippen LogP contribution is -2.23. The number of halogens is 1. The number of amides is 1. The van der Waals surface area contributed by atoms with Crippen LogP contribution in [-0.2, 0) is 28.9 Å². The van der Waals surface area contributed by atoms with E-state index >= 15 is 0 Å². The largest absolute Gasteiger partial charge is 0.462 e. The van der Waals surface area contributed by atoms with Gasteiger partial charge in [0, 0.05) is 37.9 Å². The molecular weight excluding hydrogens is 556 g/mol. The Bertz CT molecular complexity index is 1420. The van der Waals surface area contributed by atoms with Crippen LogP contribution in [0.2, 0.25) is 0 Å². The maximum absolute atomic E-state index is 13.3. The van der Waals surface area contributed by atoms with Crippen LogP contribution in [-0.4, -0.2) is 28.3 Å². The molecule has 1 aliphatic rings. The number of hydrogen-bond acceptors (Lipinski definition) is 5. The molecule has 0 saturated carbocycles. The second kappa shape index (κ2) is 10.8. The minimum Gasteiger partial charge on any atom is -0.462 e.